The zero-order valence-corrected chi connectivity index (χ0v) is 16.0. The number of non-ortho nitro benzene ring substituents is 1. The van der Waals surface area contributed by atoms with Crippen molar-refractivity contribution in [2.75, 3.05) is 5.32 Å². The first kappa shape index (κ1) is 21.1. The van der Waals surface area contributed by atoms with Crippen LogP contribution in [0, 0.1) is 10.1 Å². The highest BCUT2D eigenvalue weighted by Gasteiger charge is 2.12. The lowest BCUT2D eigenvalue weighted by Crippen LogP contribution is -2.39. The van der Waals surface area contributed by atoms with Gasteiger partial charge >= 0.3 is 5.97 Å². The number of aromatic hydroxyl groups is 1. The lowest BCUT2D eigenvalue weighted by molar-refractivity contribution is -0.683. The van der Waals surface area contributed by atoms with Crippen molar-refractivity contribution in [1.82, 2.24) is 0 Å². The van der Waals surface area contributed by atoms with E-state index in [1.165, 1.54) is 48.7 Å². The second-order valence-electron chi connectivity index (χ2n) is 6.42. The Balaban J connectivity index is 1.68. The summed E-state index contributed by atoms with van der Waals surface area (Å²) >= 11 is 0. The lowest BCUT2D eigenvalue weighted by atomic mass is 10.2. The molecule has 3 rings (SSSR count). The molecule has 0 fully saturated rings. The number of aliphatic imine (C=N–C) groups is 1. The van der Waals surface area contributed by atoms with E-state index in [4.69, 9.17) is 5.11 Å². The quantitative estimate of drug-likeness (QED) is 0.231. The third-order valence-electron chi connectivity index (χ3n) is 4.16. The monoisotopic (exact) mass is 421 g/mol. The molecule has 0 aliphatic heterocycles. The van der Waals surface area contributed by atoms with Gasteiger partial charge in [0.25, 0.3) is 11.6 Å². The Bertz CT molecular complexity index is 1170. The topological polar surface area (TPSA) is 146 Å². The number of nitro groups is 1. The molecule has 0 atom stereocenters. The van der Waals surface area contributed by atoms with E-state index < -0.39 is 10.9 Å². The number of nitrogens with one attached hydrogen (secondary N) is 1. The molecule has 10 nitrogen and oxygen atoms in total. The van der Waals surface area contributed by atoms with Gasteiger partial charge in [-0.05, 0) is 36.4 Å². The Morgan fingerprint density at radius 3 is 2.58 bits per heavy atom. The van der Waals surface area contributed by atoms with Gasteiger partial charge in [-0.25, -0.2) is 9.79 Å². The van der Waals surface area contributed by atoms with E-state index >= 15 is 0 Å². The number of hydrogen-bond acceptors (Lipinski definition) is 6. The highest BCUT2D eigenvalue weighted by Crippen LogP contribution is 2.22. The fraction of sp³-hybridized carbons (Fsp3) is 0.0476. The number of benzene rings is 2. The number of phenols is 1. The highest BCUT2D eigenvalue weighted by atomic mass is 16.6. The Morgan fingerprint density at radius 1 is 1.16 bits per heavy atom. The molecule has 156 valence electrons. The normalized spacial score (nSPS) is 10.7. The minimum absolute atomic E-state index is 0.0217. The molecule has 0 saturated heterocycles. The van der Waals surface area contributed by atoms with Crippen LogP contribution in [0.25, 0.3) is 0 Å². The molecule has 1 amide bonds. The lowest BCUT2D eigenvalue weighted by Gasteiger charge is -2.04. The molecule has 1 aromatic heterocycles. The zero-order chi connectivity index (χ0) is 22.4. The number of rotatable bonds is 7. The van der Waals surface area contributed by atoms with Crippen molar-refractivity contribution in [2.45, 2.75) is 6.54 Å². The molecule has 0 spiro atoms. The number of aromatic carboxylic acids is 1. The molecule has 0 bridgehead atoms. The Kier molecular flexibility index (Phi) is 6.31. The van der Waals surface area contributed by atoms with Crippen LogP contribution >= 0.6 is 0 Å². The van der Waals surface area contributed by atoms with Crippen LogP contribution in [0.4, 0.5) is 17.1 Å². The average molecular weight is 421 g/mol. The van der Waals surface area contributed by atoms with Crippen LogP contribution in [0.15, 0.2) is 72.0 Å². The number of hydrogen-bond donors (Lipinski definition) is 3. The smallest absolute Gasteiger partial charge is 0.335 e. The number of nitro benzene ring substituents is 1. The van der Waals surface area contributed by atoms with Gasteiger partial charge in [0.1, 0.15) is 11.4 Å². The molecule has 0 aliphatic carbocycles. The summed E-state index contributed by atoms with van der Waals surface area (Å²) in [6.07, 6.45) is 4.56. The fourth-order valence-electron chi connectivity index (χ4n) is 2.65. The Hall–Kier alpha value is -4.60. The summed E-state index contributed by atoms with van der Waals surface area (Å²) in [7, 11) is 0. The summed E-state index contributed by atoms with van der Waals surface area (Å²) in [5.41, 5.74) is 1.06. The summed E-state index contributed by atoms with van der Waals surface area (Å²) in [4.78, 5) is 37.6. The molecular formula is C21H17N4O6+. The van der Waals surface area contributed by atoms with Gasteiger partial charge in [-0.15, -0.1) is 0 Å². The molecule has 0 aliphatic rings. The van der Waals surface area contributed by atoms with Crippen LogP contribution in [-0.2, 0) is 11.3 Å². The average Bonchev–Trinajstić information content (AvgIpc) is 2.73. The first-order valence-corrected chi connectivity index (χ1v) is 8.95. The van der Waals surface area contributed by atoms with Crippen LogP contribution in [0.2, 0.25) is 0 Å². The van der Waals surface area contributed by atoms with E-state index in [2.05, 4.69) is 10.3 Å². The van der Waals surface area contributed by atoms with Crippen molar-refractivity contribution >= 4 is 35.2 Å². The van der Waals surface area contributed by atoms with Crippen molar-refractivity contribution in [2.24, 2.45) is 4.99 Å². The Labute approximate surface area is 175 Å². The number of carbonyl (C=O) groups excluding carboxylic acids is 1. The van der Waals surface area contributed by atoms with E-state index in [0.717, 1.165) is 0 Å². The summed E-state index contributed by atoms with van der Waals surface area (Å²) in [6, 6.07) is 12.7. The van der Waals surface area contributed by atoms with Crippen molar-refractivity contribution < 1.29 is 29.3 Å². The molecule has 0 unspecified atom stereocenters. The predicted molar refractivity (Wildman–Crippen MR) is 111 cm³/mol. The van der Waals surface area contributed by atoms with Crippen LogP contribution in [0.1, 0.15) is 15.9 Å². The van der Waals surface area contributed by atoms with E-state index in [1.54, 1.807) is 29.1 Å². The van der Waals surface area contributed by atoms with Gasteiger partial charge in [-0.2, -0.15) is 4.57 Å². The SMILES string of the molecule is O=C(C[n+]1cccc(N=Cc2cc([N+](=O)[O-])ccc2O)c1)Nc1ccc(C(=O)O)cc1. The minimum Gasteiger partial charge on any atom is -0.507 e. The predicted octanol–water partition coefficient (Wildman–Crippen LogP) is 2.68. The molecule has 2 aromatic carbocycles. The third kappa shape index (κ3) is 5.70. The molecule has 3 aromatic rings. The minimum atomic E-state index is -1.05. The maximum Gasteiger partial charge on any atom is 0.335 e. The number of carboxylic acids is 1. The number of anilines is 1. The second-order valence-corrected chi connectivity index (χ2v) is 6.42. The summed E-state index contributed by atoms with van der Waals surface area (Å²) in [5, 5.41) is 32.3. The number of carbonyl (C=O) groups is 2. The van der Waals surface area contributed by atoms with E-state index in [9.17, 15) is 24.8 Å². The van der Waals surface area contributed by atoms with Gasteiger partial charge in [0.2, 0.25) is 6.54 Å². The first-order valence-electron chi connectivity index (χ1n) is 8.95. The van der Waals surface area contributed by atoms with Gasteiger partial charge < -0.3 is 15.5 Å². The third-order valence-corrected chi connectivity index (χ3v) is 4.16. The molecular weight excluding hydrogens is 404 g/mol. The zero-order valence-electron chi connectivity index (χ0n) is 16.0. The van der Waals surface area contributed by atoms with Crippen LogP contribution in [0.3, 0.4) is 0 Å². The number of phenolic OH excluding ortho intramolecular Hbond substituents is 1. The molecule has 31 heavy (non-hydrogen) atoms. The maximum absolute atomic E-state index is 12.3. The van der Waals surface area contributed by atoms with Gasteiger partial charge in [0, 0.05) is 35.7 Å². The van der Waals surface area contributed by atoms with Crippen molar-refractivity contribution in [3.63, 3.8) is 0 Å². The number of aromatic nitrogens is 1. The number of nitrogens with zero attached hydrogens (tertiary/aromatic N) is 3. The Morgan fingerprint density at radius 2 is 1.90 bits per heavy atom. The number of carboxylic acid groups (broad SMARTS) is 1. The molecule has 10 heteroatoms. The van der Waals surface area contributed by atoms with Crippen LogP contribution < -0.4 is 9.88 Å². The summed E-state index contributed by atoms with van der Waals surface area (Å²) in [5.74, 6) is -1.53. The van der Waals surface area contributed by atoms with E-state index in [1.807, 2.05) is 0 Å². The molecule has 0 radical (unpaired) electrons. The largest absolute Gasteiger partial charge is 0.507 e. The number of pyridine rings is 1. The van der Waals surface area contributed by atoms with Gasteiger partial charge in [0.05, 0.1) is 10.5 Å². The van der Waals surface area contributed by atoms with E-state index in [-0.39, 0.29) is 35.0 Å². The van der Waals surface area contributed by atoms with Crippen molar-refractivity contribution in [3.8, 4) is 5.75 Å². The van der Waals surface area contributed by atoms with Crippen molar-refractivity contribution in [3.05, 3.63) is 88.2 Å². The number of amides is 1. The summed E-state index contributed by atoms with van der Waals surface area (Å²) < 4.78 is 1.58. The first-order chi connectivity index (χ1) is 14.8. The second kappa shape index (κ2) is 9.27. The van der Waals surface area contributed by atoms with Gasteiger partial charge in [-0.3, -0.25) is 14.9 Å². The maximum atomic E-state index is 12.3. The highest BCUT2D eigenvalue weighted by molar-refractivity contribution is 5.91. The summed E-state index contributed by atoms with van der Waals surface area (Å²) in [6.45, 7) is -0.0217. The van der Waals surface area contributed by atoms with Gasteiger partial charge in [-0.1, -0.05) is 0 Å². The van der Waals surface area contributed by atoms with E-state index in [0.29, 0.717) is 11.4 Å². The fourth-order valence-corrected chi connectivity index (χ4v) is 2.65. The van der Waals surface area contributed by atoms with Crippen LogP contribution in [0.5, 0.6) is 5.75 Å². The standard InChI is InChI=1S/C21H16N4O6/c26-19-8-7-18(25(30)31)10-15(19)11-22-17-2-1-9-24(12-17)13-20(27)23-16-5-3-14(4-6-16)21(28)29/h1-12H,13H2,(H2-,22,23,26,27,28,29)/p+1. The molecule has 0 saturated carbocycles. The van der Waals surface area contributed by atoms with Crippen molar-refractivity contribution in [1.29, 1.82) is 0 Å². The van der Waals surface area contributed by atoms with Gasteiger partial charge in [0.15, 0.2) is 12.4 Å². The molecule has 1 heterocycles. The van der Waals surface area contributed by atoms with Crippen LogP contribution in [-0.4, -0.2) is 33.2 Å². The molecule has 3 N–H and O–H groups in total.